The maximum atomic E-state index is 12.5. The van der Waals surface area contributed by atoms with E-state index in [-0.39, 0.29) is 5.91 Å². The molecule has 5 nitrogen and oxygen atoms in total. The highest BCUT2D eigenvalue weighted by Gasteiger charge is 2.37. The third-order valence-corrected chi connectivity index (χ3v) is 3.89. The number of hydrogen-bond acceptors (Lipinski definition) is 3. The number of para-hydroxylation sites is 1. The van der Waals surface area contributed by atoms with Gasteiger partial charge in [-0.3, -0.25) is 4.79 Å². The number of nitrogens with zero attached hydrogens (tertiary/aromatic N) is 1. The molecule has 2 atom stereocenters. The second kappa shape index (κ2) is 6.80. The Morgan fingerprint density at radius 3 is 2.81 bits per heavy atom. The number of hydrogen-bond donors (Lipinski definition) is 1. The van der Waals surface area contributed by atoms with Crippen LogP contribution in [0.2, 0.25) is 5.02 Å². The first-order valence-corrected chi connectivity index (χ1v) is 7.36. The van der Waals surface area contributed by atoms with Crippen LogP contribution in [0.15, 0.2) is 24.3 Å². The molecule has 0 radical (unpaired) electrons. The van der Waals surface area contributed by atoms with Gasteiger partial charge >= 0.3 is 5.97 Å². The highest BCUT2D eigenvalue weighted by molar-refractivity contribution is 6.32. The zero-order chi connectivity index (χ0) is 15.4. The number of amides is 1. The molecule has 0 aliphatic carbocycles. The van der Waals surface area contributed by atoms with E-state index in [1.165, 1.54) is 4.90 Å². The van der Waals surface area contributed by atoms with Crippen LogP contribution in [-0.2, 0) is 9.59 Å². The van der Waals surface area contributed by atoms with Crippen molar-refractivity contribution in [3.63, 3.8) is 0 Å². The van der Waals surface area contributed by atoms with Crippen molar-refractivity contribution in [1.82, 2.24) is 4.90 Å². The number of rotatable bonds is 5. The van der Waals surface area contributed by atoms with Gasteiger partial charge in [-0.25, -0.2) is 4.79 Å². The number of aliphatic carboxylic acids is 1. The molecule has 1 aliphatic heterocycles. The van der Waals surface area contributed by atoms with Gasteiger partial charge in [-0.15, -0.1) is 0 Å². The predicted molar refractivity (Wildman–Crippen MR) is 78.5 cm³/mol. The van der Waals surface area contributed by atoms with Gasteiger partial charge in [0.2, 0.25) is 0 Å². The van der Waals surface area contributed by atoms with Crippen molar-refractivity contribution < 1.29 is 19.4 Å². The van der Waals surface area contributed by atoms with Gasteiger partial charge in [0.25, 0.3) is 5.91 Å². The lowest BCUT2D eigenvalue weighted by molar-refractivity contribution is -0.151. The summed E-state index contributed by atoms with van der Waals surface area (Å²) in [6.07, 6.45) is 0.923. The largest absolute Gasteiger partial charge is 0.480 e. The van der Waals surface area contributed by atoms with Crippen LogP contribution in [0.4, 0.5) is 0 Å². The Bertz CT molecular complexity index is 534. The molecular weight excluding hydrogens is 294 g/mol. The summed E-state index contributed by atoms with van der Waals surface area (Å²) in [5.74, 6) is -0.818. The molecule has 6 heteroatoms. The molecule has 1 fully saturated rings. The summed E-state index contributed by atoms with van der Waals surface area (Å²) in [6.45, 7) is 2.28. The molecular formula is C15H18ClNO4. The molecule has 1 N–H and O–H groups in total. The minimum absolute atomic E-state index is 0.290. The molecule has 114 valence electrons. The normalized spacial score (nSPS) is 19.3. The van der Waals surface area contributed by atoms with Crippen LogP contribution in [0.1, 0.15) is 26.2 Å². The van der Waals surface area contributed by atoms with Crippen molar-refractivity contribution in [3.05, 3.63) is 29.3 Å². The Morgan fingerprint density at radius 1 is 1.48 bits per heavy atom. The highest BCUT2D eigenvalue weighted by atomic mass is 35.5. The van der Waals surface area contributed by atoms with E-state index in [0.29, 0.717) is 36.6 Å². The maximum absolute atomic E-state index is 12.5. The molecule has 1 heterocycles. The molecule has 2 unspecified atom stereocenters. The standard InChI is InChI=1S/C15H18ClNO4/c1-2-12(21-13-8-4-3-6-10(13)16)14(18)17-9-5-7-11(17)15(19)20/h3-4,6,8,11-12H,2,5,7,9H2,1H3,(H,19,20). The van der Waals surface area contributed by atoms with Gasteiger partial charge < -0.3 is 14.7 Å². The lowest BCUT2D eigenvalue weighted by Gasteiger charge is -2.26. The number of ether oxygens (including phenoxy) is 1. The highest BCUT2D eigenvalue weighted by Crippen LogP contribution is 2.26. The van der Waals surface area contributed by atoms with Crippen LogP contribution >= 0.6 is 11.6 Å². The SMILES string of the molecule is CCC(Oc1ccccc1Cl)C(=O)N1CCCC1C(=O)O. The molecule has 2 rings (SSSR count). The number of carbonyl (C=O) groups excluding carboxylic acids is 1. The minimum atomic E-state index is -0.964. The van der Waals surface area contributed by atoms with Crippen LogP contribution in [0.25, 0.3) is 0 Å². The first kappa shape index (κ1) is 15.6. The summed E-state index contributed by atoms with van der Waals surface area (Å²) >= 11 is 6.02. The average molecular weight is 312 g/mol. The van der Waals surface area contributed by atoms with Gasteiger partial charge in [0.05, 0.1) is 5.02 Å². The maximum Gasteiger partial charge on any atom is 0.326 e. The summed E-state index contributed by atoms with van der Waals surface area (Å²) in [4.78, 5) is 25.1. The molecule has 0 bridgehead atoms. The van der Waals surface area contributed by atoms with Crippen molar-refractivity contribution >= 4 is 23.5 Å². The summed E-state index contributed by atoms with van der Waals surface area (Å²) in [6, 6.07) is 6.18. The van der Waals surface area contributed by atoms with Gasteiger partial charge in [0.1, 0.15) is 11.8 Å². The van der Waals surface area contributed by atoms with Crippen molar-refractivity contribution in [3.8, 4) is 5.75 Å². The number of carbonyl (C=O) groups is 2. The fourth-order valence-electron chi connectivity index (χ4n) is 2.47. The summed E-state index contributed by atoms with van der Waals surface area (Å²) in [5, 5.41) is 9.60. The Morgan fingerprint density at radius 2 is 2.19 bits per heavy atom. The minimum Gasteiger partial charge on any atom is -0.480 e. The van der Waals surface area contributed by atoms with Crippen molar-refractivity contribution in [2.75, 3.05) is 6.54 Å². The van der Waals surface area contributed by atoms with E-state index in [2.05, 4.69) is 0 Å². The fourth-order valence-corrected chi connectivity index (χ4v) is 2.65. The van der Waals surface area contributed by atoms with E-state index < -0.39 is 18.1 Å². The molecule has 1 saturated heterocycles. The predicted octanol–water partition coefficient (Wildman–Crippen LogP) is 2.57. The van der Waals surface area contributed by atoms with Crippen LogP contribution < -0.4 is 4.74 Å². The average Bonchev–Trinajstić information content (AvgIpc) is 2.95. The second-order valence-corrected chi connectivity index (χ2v) is 5.38. The summed E-state index contributed by atoms with van der Waals surface area (Å²) in [7, 11) is 0. The van der Waals surface area contributed by atoms with Gasteiger partial charge in [-0.1, -0.05) is 30.7 Å². The number of likely N-dealkylation sites (tertiary alicyclic amines) is 1. The third kappa shape index (κ3) is 3.47. The molecule has 1 amide bonds. The number of carboxylic acids is 1. The van der Waals surface area contributed by atoms with Crippen molar-refractivity contribution in [2.45, 2.75) is 38.3 Å². The van der Waals surface area contributed by atoms with E-state index in [9.17, 15) is 9.59 Å². The van der Waals surface area contributed by atoms with Crippen LogP contribution in [0.5, 0.6) is 5.75 Å². The molecule has 1 aromatic carbocycles. The first-order chi connectivity index (χ1) is 10.0. The van der Waals surface area contributed by atoms with E-state index in [1.807, 2.05) is 6.92 Å². The molecule has 21 heavy (non-hydrogen) atoms. The molecule has 1 aromatic rings. The number of halogens is 1. The van der Waals surface area contributed by atoms with Crippen LogP contribution in [0, 0.1) is 0 Å². The third-order valence-electron chi connectivity index (χ3n) is 3.57. The molecule has 0 spiro atoms. The zero-order valence-corrected chi connectivity index (χ0v) is 12.5. The van der Waals surface area contributed by atoms with Gasteiger partial charge in [-0.05, 0) is 31.4 Å². The Balaban J connectivity index is 2.12. The Kier molecular flexibility index (Phi) is 5.07. The zero-order valence-electron chi connectivity index (χ0n) is 11.8. The quantitative estimate of drug-likeness (QED) is 0.907. The topological polar surface area (TPSA) is 66.8 Å². The van der Waals surface area contributed by atoms with E-state index in [0.717, 1.165) is 0 Å². The number of carboxylic acid groups (broad SMARTS) is 1. The monoisotopic (exact) mass is 311 g/mol. The van der Waals surface area contributed by atoms with E-state index in [1.54, 1.807) is 24.3 Å². The van der Waals surface area contributed by atoms with Crippen LogP contribution in [0.3, 0.4) is 0 Å². The lowest BCUT2D eigenvalue weighted by atomic mass is 10.2. The lowest BCUT2D eigenvalue weighted by Crippen LogP contribution is -2.47. The Labute approximate surface area is 128 Å². The van der Waals surface area contributed by atoms with E-state index >= 15 is 0 Å². The molecule has 1 aliphatic rings. The summed E-state index contributed by atoms with van der Waals surface area (Å²) < 4.78 is 5.68. The van der Waals surface area contributed by atoms with Crippen LogP contribution in [-0.4, -0.2) is 40.6 Å². The molecule has 0 saturated carbocycles. The number of benzene rings is 1. The second-order valence-electron chi connectivity index (χ2n) is 4.97. The summed E-state index contributed by atoms with van der Waals surface area (Å²) in [5.41, 5.74) is 0. The van der Waals surface area contributed by atoms with Crippen molar-refractivity contribution in [2.24, 2.45) is 0 Å². The smallest absolute Gasteiger partial charge is 0.326 e. The van der Waals surface area contributed by atoms with Gasteiger partial charge in [0, 0.05) is 6.54 Å². The first-order valence-electron chi connectivity index (χ1n) is 6.99. The van der Waals surface area contributed by atoms with Crippen molar-refractivity contribution in [1.29, 1.82) is 0 Å². The fraction of sp³-hybridized carbons (Fsp3) is 0.467. The van der Waals surface area contributed by atoms with Gasteiger partial charge in [0.15, 0.2) is 6.10 Å². The molecule has 0 aromatic heterocycles. The van der Waals surface area contributed by atoms with E-state index in [4.69, 9.17) is 21.4 Å². The Hall–Kier alpha value is -1.75. The van der Waals surface area contributed by atoms with Gasteiger partial charge in [-0.2, -0.15) is 0 Å².